The van der Waals surface area contributed by atoms with Gasteiger partial charge < -0.3 is 16.0 Å². The Morgan fingerprint density at radius 2 is 2.11 bits per heavy atom. The van der Waals surface area contributed by atoms with E-state index in [9.17, 15) is 9.59 Å². The van der Waals surface area contributed by atoms with Gasteiger partial charge >= 0.3 is 5.69 Å². The minimum Gasteiger partial charge on any atom is -0.383 e. The normalized spacial score (nSPS) is 20.4. The van der Waals surface area contributed by atoms with Crippen molar-refractivity contribution >= 4 is 11.5 Å². The molecule has 1 aromatic heterocycles. The van der Waals surface area contributed by atoms with Crippen LogP contribution in [0.3, 0.4) is 0 Å². The molecule has 0 saturated carbocycles. The number of likely N-dealkylation sites (N-methyl/N-ethyl adjacent to an activating group) is 1. The maximum Gasteiger partial charge on any atom is 0.329 e. The van der Waals surface area contributed by atoms with E-state index in [1.807, 2.05) is 0 Å². The lowest BCUT2D eigenvalue weighted by Gasteiger charge is -2.32. The molecule has 0 aromatic carbocycles. The van der Waals surface area contributed by atoms with Crippen molar-refractivity contribution in [2.24, 2.45) is 7.05 Å². The highest BCUT2D eigenvalue weighted by atomic mass is 16.2. The molecule has 4 N–H and O–H groups in total. The van der Waals surface area contributed by atoms with Crippen LogP contribution in [0.5, 0.6) is 0 Å². The Balaban J connectivity index is 2.14. The average Bonchev–Trinajstić information content (AvgIpc) is 2.38. The van der Waals surface area contributed by atoms with Gasteiger partial charge in [-0.1, -0.05) is 6.42 Å². The van der Waals surface area contributed by atoms with Gasteiger partial charge in [0.1, 0.15) is 11.5 Å². The quantitative estimate of drug-likeness (QED) is 0.689. The van der Waals surface area contributed by atoms with Gasteiger partial charge in [0.2, 0.25) is 0 Å². The molecule has 1 aliphatic heterocycles. The van der Waals surface area contributed by atoms with Crippen molar-refractivity contribution in [1.82, 2.24) is 14.5 Å². The van der Waals surface area contributed by atoms with E-state index in [-0.39, 0.29) is 11.5 Å². The lowest BCUT2D eigenvalue weighted by atomic mass is 10.0. The summed E-state index contributed by atoms with van der Waals surface area (Å²) in [6.45, 7) is 1.73. The van der Waals surface area contributed by atoms with Gasteiger partial charge in [-0.25, -0.2) is 4.79 Å². The summed E-state index contributed by atoms with van der Waals surface area (Å²) in [5.74, 6) is 0.173. The number of nitrogens with zero attached hydrogens (tertiary/aromatic N) is 2. The monoisotopic (exact) mass is 267 g/mol. The van der Waals surface area contributed by atoms with Crippen LogP contribution in [0, 0.1) is 0 Å². The van der Waals surface area contributed by atoms with Crippen LogP contribution >= 0.6 is 0 Å². The average molecular weight is 267 g/mol. The first kappa shape index (κ1) is 13.7. The molecule has 0 spiro atoms. The van der Waals surface area contributed by atoms with E-state index in [0.29, 0.717) is 12.6 Å². The summed E-state index contributed by atoms with van der Waals surface area (Å²) in [5.41, 5.74) is 5.12. The second-order valence-electron chi connectivity index (χ2n) is 5.09. The van der Waals surface area contributed by atoms with Crippen LogP contribution in [0.2, 0.25) is 0 Å². The lowest BCUT2D eigenvalue weighted by molar-refractivity contribution is 0.194. The summed E-state index contributed by atoms with van der Waals surface area (Å²) in [5, 5.41) is 3.08. The third-order valence-corrected chi connectivity index (χ3v) is 3.81. The Kier molecular flexibility index (Phi) is 3.94. The molecule has 19 heavy (non-hydrogen) atoms. The standard InChI is InChI=1S/C12H21N5O2/c1-16-6-4-3-5-8(16)7-14-9-10(13)17(2)12(19)15-11(9)18/h8,14H,3-7,13H2,1-2H3,(H,15,18,19). The first-order valence-corrected chi connectivity index (χ1v) is 6.53. The second kappa shape index (κ2) is 5.48. The van der Waals surface area contributed by atoms with Gasteiger partial charge in [-0.2, -0.15) is 0 Å². The van der Waals surface area contributed by atoms with Crippen molar-refractivity contribution in [1.29, 1.82) is 0 Å². The van der Waals surface area contributed by atoms with E-state index in [1.165, 1.54) is 24.5 Å². The van der Waals surface area contributed by atoms with Gasteiger partial charge in [0, 0.05) is 19.6 Å². The number of H-pyrrole nitrogens is 1. The van der Waals surface area contributed by atoms with Crippen molar-refractivity contribution < 1.29 is 0 Å². The zero-order valence-electron chi connectivity index (χ0n) is 11.4. The highest BCUT2D eigenvalue weighted by Gasteiger charge is 2.19. The number of aromatic amines is 1. The largest absolute Gasteiger partial charge is 0.383 e. The van der Waals surface area contributed by atoms with Gasteiger partial charge in [0.15, 0.2) is 0 Å². The number of piperidine rings is 1. The Labute approximate surface area is 111 Å². The topological polar surface area (TPSA) is 96.2 Å². The molecule has 0 amide bonds. The summed E-state index contributed by atoms with van der Waals surface area (Å²) in [6.07, 6.45) is 3.53. The Morgan fingerprint density at radius 3 is 2.79 bits per heavy atom. The van der Waals surface area contributed by atoms with Crippen LogP contribution in [0.25, 0.3) is 0 Å². The molecule has 0 radical (unpaired) electrons. The Hall–Kier alpha value is -1.76. The minimum atomic E-state index is -0.497. The van der Waals surface area contributed by atoms with E-state index in [1.54, 1.807) is 0 Å². The number of nitrogen functional groups attached to an aromatic ring is 1. The fourth-order valence-electron chi connectivity index (χ4n) is 2.43. The smallest absolute Gasteiger partial charge is 0.329 e. The number of hydrogen-bond donors (Lipinski definition) is 3. The molecule has 2 rings (SSSR count). The molecule has 1 fully saturated rings. The van der Waals surface area contributed by atoms with E-state index in [2.05, 4.69) is 22.2 Å². The van der Waals surface area contributed by atoms with Crippen LogP contribution in [0.4, 0.5) is 11.5 Å². The molecule has 106 valence electrons. The lowest BCUT2D eigenvalue weighted by Crippen LogP contribution is -2.42. The molecule has 2 heterocycles. The third kappa shape index (κ3) is 2.81. The number of hydrogen-bond acceptors (Lipinski definition) is 5. The van der Waals surface area contributed by atoms with E-state index in [0.717, 1.165) is 13.0 Å². The Bertz CT molecular complexity index is 562. The van der Waals surface area contributed by atoms with E-state index >= 15 is 0 Å². The van der Waals surface area contributed by atoms with Crippen molar-refractivity contribution in [3.8, 4) is 0 Å². The molecular weight excluding hydrogens is 246 g/mol. The molecule has 1 atom stereocenters. The second-order valence-corrected chi connectivity index (χ2v) is 5.09. The van der Waals surface area contributed by atoms with Gasteiger partial charge in [0.05, 0.1) is 0 Å². The molecule has 7 nitrogen and oxygen atoms in total. The molecule has 1 saturated heterocycles. The van der Waals surface area contributed by atoms with Crippen molar-refractivity contribution in [2.45, 2.75) is 25.3 Å². The first-order chi connectivity index (χ1) is 9.00. The summed E-state index contributed by atoms with van der Waals surface area (Å²) in [4.78, 5) is 27.6. The molecular formula is C12H21N5O2. The number of likely N-dealkylation sites (tertiary alicyclic amines) is 1. The van der Waals surface area contributed by atoms with Gasteiger partial charge in [-0.05, 0) is 26.4 Å². The summed E-state index contributed by atoms with van der Waals surface area (Å²) in [6, 6.07) is 0.393. The minimum absolute atomic E-state index is 0.173. The van der Waals surface area contributed by atoms with Gasteiger partial charge in [0.25, 0.3) is 5.56 Å². The first-order valence-electron chi connectivity index (χ1n) is 6.53. The third-order valence-electron chi connectivity index (χ3n) is 3.81. The molecule has 0 aliphatic carbocycles. The number of nitrogens with two attached hydrogens (primary N) is 1. The maximum absolute atomic E-state index is 11.7. The zero-order chi connectivity index (χ0) is 14.0. The molecule has 1 unspecified atom stereocenters. The summed E-state index contributed by atoms with van der Waals surface area (Å²) < 4.78 is 1.23. The highest BCUT2D eigenvalue weighted by molar-refractivity contribution is 5.60. The van der Waals surface area contributed by atoms with E-state index < -0.39 is 11.2 Å². The predicted octanol–water partition coefficient (Wildman–Crippen LogP) is -0.448. The fourth-order valence-corrected chi connectivity index (χ4v) is 2.43. The van der Waals surface area contributed by atoms with Crippen LogP contribution in [0.15, 0.2) is 9.59 Å². The van der Waals surface area contributed by atoms with Crippen LogP contribution in [-0.2, 0) is 7.05 Å². The fraction of sp³-hybridized carbons (Fsp3) is 0.667. The maximum atomic E-state index is 11.7. The summed E-state index contributed by atoms with van der Waals surface area (Å²) in [7, 11) is 3.62. The number of nitrogens with one attached hydrogen (secondary N) is 2. The zero-order valence-corrected chi connectivity index (χ0v) is 11.4. The van der Waals surface area contributed by atoms with Crippen molar-refractivity contribution in [3.05, 3.63) is 20.8 Å². The van der Waals surface area contributed by atoms with Crippen molar-refractivity contribution in [3.63, 3.8) is 0 Å². The van der Waals surface area contributed by atoms with E-state index in [4.69, 9.17) is 5.73 Å². The van der Waals surface area contributed by atoms with Crippen LogP contribution < -0.4 is 22.3 Å². The van der Waals surface area contributed by atoms with Crippen LogP contribution in [-0.4, -0.2) is 40.6 Å². The molecule has 7 heteroatoms. The van der Waals surface area contributed by atoms with Crippen molar-refractivity contribution in [2.75, 3.05) is 31.2 Å². The van der Waals surface area contributed by atoms with Gasteiger partial charge in [-0.15, -0.1) is 0 Å². The number of rotatable bonds is 3. The molecule has 1 aliphatic rings. The molecule has 1 aromatic rings. The summed E-state index contributed by atoms with van der Waals surface area (Å²) >= 11 is 0. The SMILES string of the molecule is CN1CCCCC1CNc1c(N)n(C)c(=O)[nH]c1=O. The van der Waals surface area contributed by atoms with Gasteiger partial charge in [-0.3, -0.25) is 14.3 Å². The predicted molar refractivity (Wildman–Crippen MR) is 75.5 cm³/mol. The number of anilines is 2. The molecule has 0 bridgehead atoms. The van der Waals surface area contributed by atoms with Crippen LogP contribution in [0.1, 0.15) is 19.3 Å². The highest BCUT2D eigenvalue weighted by Crippen LogP contribution is 2.16. The Morgan fingerprint density at radius 1 is 1.37 bits per heavy atom. The number of aromatic nitrogens is 2.